The summed E-state index contributed by atoms with van der Waals surface area (Å²) in [6, 6.07) is 13.4. The summed E-state index contributed by atoms with van der Waals surface area (Å²) in [6.45, 7) is 2.72. The number of amides is 2. The summed E-state index contributed by atoms with van der Waals surface area (Å²) in [4.78, 5) is 31.8. The van der Waals surface area contributed by atoms with E-state index in [0.717, 1.165) is 23.6 Å². The number of carbonyl (C=O) groups is 2. The molecule has 1 saturated heterocycles. The Balaban J connectivity index is 1.50. The Kier molecular flexibility index (Phi) is 9.37. The number of aliphatic hydroxyl groups is 1. The summed E-state index contributed by atoms with van der Waals surface area (Å²) in [5.74, 6) is -2.78. The number of likely N-dealkylation sites (tertiary alicyclic amines) is 1. The van der Waals surface area contributed by atoms with Crippen molar-refractivity contribution < 1.29 is 23.5 Å². The lowest BCUT2D eigenvalue weighted by Gasteiger charge is -2.29. The zero-order valence-electron chi connectivity index (χ0n) is 22.1. The van der Waals surface area contributed by atoms with Gasteiger partial charge in [-0.25, -0.2) is 8.78 Å². The van der Waals surface area contributed by atoms with E-state index in [1.807, 2.05) is 24.3 Å². The van der Waals surface area contributed by atoms with Crippen LogP contribution in [0.3, 0.4) is 0 Å². The molecule has 9 heteroatoms. The minimum absolute atomic E-state index is 0.00263. The average molecular weight is 537 g/mol. The number of halogens is 2. The third-order valence-electron chi connectivity index (χ3n) is 7.20. The van der Waals surface area contributed by atoms with Gasteiger partial charge in [0.25, 0.3) is 0 Å². The van der Waals surface area contributed by atoms with Crippen molar-refractivity contribution in [3.8, 4) is 0 Å². The van der Waals surface area contributed by atoms with Gasteiger partial charge in [-0.2, -0.15) is 0 Å². The van der Waals surface area contributed by atoms with Gasteiger partial charge in [0.05, 0.1) is 24.1 Å². The van der Waals surface area contributed by atoms with Gasteiger partial charge in [-0.3, -0.25) is 14.6 Å². The van der Waals surface area contributed by atoms with Crippen molar-refractivity contribution in [1.29, 1.82) is 0 Å². The molecule has 3 aromatic rings. The molecule has 0 unspecified atom stereocenters. The molecule has 206 valence electrons. The van der Waals surface area contributed by atoms with Gasteiger partial charge in [-0.05, 0) is 53.3 Å². The fourth-order valence-corrected chi connectivity index (χ4v) is 5.13. The zero-order chi connectivity index (χ0) is 27.9. The highest BCUT2D eigenvalue weighted by molar-refractivity contribution is 5.90. The summed E-state index contributed by atoms with van der Waals surface area (Å²) in [5, 5.41) is 17.2. The van der Waals surface area contributed by atoms with E-state index in [1.54, 1.807) is 25.5 Å². The van der Waals surface area contributed by atoms with Gasteiger partial charge in [0.1, 0.15) is 11.6 Å². The standard InChI is InChI=1S/C30H34F2N4O3/c1-3-19-6-4-7-20(10-19)16-34-18-27(37)26(13-21-11-23(31)14-24(32)12-21)35-30(39)25-15-28(38)36(2)29(25)22-8-5-9-33-17-22/h4-12,14,17,25-27,29,34,37H,3,13,15-16,18H2,1-2H3,(H,35,39)/t25-,26-,27+,29-/m1/s1. The van der Waals surface area contributed by atoms with Crippen molar-refractivity contribution in [2.45, 2.75) is 50.9 Å². The number of aryl methyl sites for hydroxylation is 1. The molecule has 1 aromatic heterocycles. The van der Waals surface area contributed by atoms with Crippen LogP contribution >= 0.6 is 0 Å². The SMILES string of the molecule is CCc1cccc(CNC[C@H](O)[C@@H](Cc2cc(F)cc(F)c2)NC(=O)[C@@H]2CC(=O)N(C)[C@@H]2c2cccnc2)c1. The average Bonchev–Trinajstić information content (AvgIpc) is 3.22. The van der Waals surface area contributed by atoms with Gasteiger partial charge >= 0.3 is 0 Å². The van der Waals surface area contributed by atoms with Crippen LogP contribution in [0.1, 0.15) is 41.6 Å². The molecule has 1 fully saturated rings. The maximum atomic E-state index is 13.9. The fraction of sp³-hybridized carbons (Fsp3) is 0.367. The van der Waals surface area contributed by atoms with E-state index in [0.29, 0.717) is 12.1 Å². The molecule has 2 amide bonds. The number of aromatic nitrogens is 1. The maximum absolute atomic E-state index is 13.9. The third-order valence-corrected chi connectivity index (χ3v) is 7.20. The second kappa shape index (κ2) is 12.9. The number of rotatable bonds is 11. The van der Waals surface area contributed by atoms with Gasteiger partial charge in [0, 0.05) is 45.0 Å². The Bertz CT molecular complexity index is 1270. The van der Waals surface area contributed by atoms with Crippen LogP contribution in [-0.4, -0.2) is 52.5 Å². The van der Waals surface area contributed by atoms with E-state index in [4.69, 9.17) is 0 Å². The first-order chi connectivity index (χ1) is 18.7. The van der Waals surface area contributed by atoms with Gasteiger partial charge in [0.15, 0.2) is 0 Å². The molecule has 4 atom stereocenters. The van der Waals surface area contributed by atoms with Crippen molar-refractivity contribution in [2.24, 2.45) is 5.92 Å². The third kappa shape index (κ3) is 7.25. The Morgan fingerprint density at radius 2 is 1.85 bits per heavy atom. The molecule has 3 N–H and O–H groups in total. The summed E-state index contributed by atoms with van der Waals surface area (Å²) in [6.07, 6.45) is 3.09. The Hall–Kier alpha value is -3.69. The Labute approximate surface area is 227 Å². The van der Waals surface area contributed by atoms with Gasteiger partial charge < -0.3 is 20.6 Å². The molecular formula is C30H34F2N4O3. The Morgan fingerprint density at radius 1 is 1.10 bits per heavy atom. The number of nitrogens with zero attached hydrogens (tertiary/aromatic N) is 2. The number of carbonyl (C=O) groups excluding carboxylic acids is 2. The number of pyridine rings is 1. The molecule has 7 nitrogen and oxygen atoms in total. The van der Waals surface area contributed by atoms with Crippen LogP contribution in [0.15, 0.2) is 67.0 Å². The molecule has 0 spiro atoms. The van der Waals surface area contributed by atoms with E-state index in [1.165, 1.54) is 22.6 Å². The van der Waals surface area contributed by atoms with Crippen LogP contribution in [0.25, 0.3) is 0 Å². The number of hydrogen-bond acceptors (Lipinski definition) is 5. The molecule has 1 aliphatic rings. The molecule has 0 aliphatic carbocycles. The lowest BCUT2D eigenvalue weighted by Crippen LogP contribution is -2.50. The van der Waals surface area contributed by atoms with Crippen LogP contribution in [0, 0.1) is 17.6 Å². The van der Waals surface area contributed by atoms with Crippen LogP contribution in [-0.2, 0) is 29.0 Å². The first-order valence-corrected chi connectivity index (χ1v) is 13.1. The quantitative estimate of drug-likeness (QED) is 0.350. The largest absolute Gasteiger partial charge is 0.390 e. The van der Waals surface area contributed by atoms with Gasteiger partial charge in [-0.1, -0.05) is 37.3 Å². The predicted octanol–water partition coefficient (Wildman–Crippen LogP) is 3.32. The van der Waals surface area contributed by atoms with E-state index in [2.05, 4.69) is 28.6 Å². The highest BCUT2D eigenvalue weighted by Gasteiger charge is 2.43. The molecule has 4 rings (SSSR count). The normalized spacial score (nSPS) is 18.7. The lowest BCUT2D eigenvalue weighted by atomic mass is 9.92. The topological polar surface area (TPSA) is 94.6 Å². The van der Waals surface area contributed by atoms with E-state index < -0.39 is 41.6 Å². The van der Waals surface area contributed by atoms with Crippen molar-refractivity contribution in [1.82, 2.24) is 20.5 Å². The highest BCUT2D eigenvalue weighted by Crippen LogP contribution is 2.37. The molecule has 2 heterocycles. The predicted molar refractivity (Wildman–Crippen MR) is 143 cm³/mol. The molecule has 39 heavy (non-hydrogen) atoms. The maximum Gasteiger partial charge on any atom is 0.226 e. The number of benzene rings is 2. The summed E-state index contributed by atoms with van der Waals surface area (Å²) in [5.41, 5.74) is 3.29. The van der Waals surface area contributed by atoms with Crippen LogP contribution in [0.2, 0.25) is 0 Å². The molecule has 0 saturated carbocycles. The van der Waals surface area contributed by atoms with Crippen molar-refractivity contribution in [2.75, 3.05) is 13.6 Å². The van der Waals surface area contributed by atoms with Crippen molar-refractivity contribution in [3.63, 3.8) is 0 Å². The minimum Gasteiger partial charge on any atom is -0.390 e. The fourth-order valence-electron chi connectivity index (χ4n) is 5.13. The van der Waals surface area contributed by atoms with E-state index >= 15 is 0 Å². The van der Waals surface area contributed by atoms with E-state index in [-0.39, 0.29) is 25.3 Å². The highest BCUT2D eigenvalue weighted by atomic mass is 19.1. The smallest absolute Gasteiger partial charge is 0.226 e. The number of hydrogen-bond donors (Lipinski definition) is 3. The van der Waals surface area contributed by atoms with Gasteiger partial charge in [0.2, 0.25) is 11.8 Å². The second-order valence-corrected chi connectivity index (χ2v) is 10.0. The van der Waals surface area contributed by atoms with Crippen LogP contribution in [0.5, 0.6) is 0 Å². The molecular weight excluding hydrogens is 502 g/mol. The minimum atomic E-state index is -1.07. The summed E-state index contributed by atoms with van der Waals surface area (Å²) in [7, 11) is 1.65. The van der Waals surface area contributed by atoms with Crippen LogP contribution < -0.4 is 10.6 Å². The zero-order valence-corrected chi connectivity index (χ0v) is 22.1. The first kappa shape index (κ1) is 28.3. The van der Waals surface area contributed by atoms with E-state index in [9.17, 15) is 23.5 Å². The summed E-state index contributed by atoms with van der Waals surface area (Å²) < 4.78 is 27.8. The monoisotopic (exact) mass is 536 g/mol. The molecule has 2 aromatic carbocycles. The molecule has 1 aliphatic heterocycles. The van der Waals surface area contributed by atoms with Crippen LogP contribution in [0.4, 0.5) is 8.78 Å². The first-order valence-electron chi connectivity index (χ1n) is 13.1. The number of nitrogens with one attached hydrogen (secondary N) is 2. The second-order valence-electron chi connectivity index (χ2n) is 10.0. The van der Waals surface area contributed by atoms with Crippen molar-refractivity contribution in [3.05, 3.63) is 101 Å². The van der Waals surface area contributed by atoms with Gasteiger partial charge in [-0.15, -0.1) is 0 Å². The Morgan fingerprint density at radius 3 is 2.54 bits per heavy atom. The van der Waals surface area contributed by atoms with Crippen molar-refractivity contribution >= 4 is 11.8 Å². The lowest BCUT2D eigenvalue weighted by molar-refractivity contribution is -0.129. The molecule has 0 bridgehead atoms. The molecule has 0 radical (unpaired) electrons. The number of aliphatic hydroxyl groups excluding tert-OH is 1. The summed E-state index contributed by atoms with van der Waals surface area (Å²) >= 11 is 0.